The Morgan fingerprint density at radius 2 is 1.83 bits per heavy atom. The summed E-state index contributed by atoms with van der Waals surface area (Å²) in [5.74, 6) is -1.32. The Bertz CT molecular complexity index is 915. The van der Waals surface area contributed by atoms with E-state index in [1.807, 2.05) is 0 Å². The van der Waals surface area contributed by atoms with E-state index in [0.717, 1.165) is 0 Å². The van der Waals surface area contributed by atoms with Crippen molar-refractivity contribution >= 4 is 34.3 Å². The van der Waals surface area contributed by atoms with E-state index in [9.17, 15) is 14.0 Å². The van der Waals surface area contributed by atoms with Crippen molar-refractivity contribution in [1.29, 1.82) is 0 Å². The highest BCUT2D eigenvalue weighted by Crippen LogP contribution is 2.32. The molecular weight excluding hydrogens is 321 g/mol. The number of aromatic nitrogens is 1. The van der Waals surface area contributed by atoms with Crippen molar-refractivity contribution in [2.45, 2.75) is 6.92 Å². The first-order chi connectivity index (χ1) is 11.0. The molecule has 0 unspecified atom stereocenters. The largest absolute Gasteiger partial charge is 0.424 e. The number of nitrogens with one attached hydrogen (secondary N) is 1. The fourth-order valence-corrected chi connectivity index (χ4v) is 2.43. The van der Waals surface area contributed by atoms with Gasteiger partial charge < -0.3 is 9.72 Å². The van der Waals surface area contributed by atoms with Crippen molar-refractivity contribution in [2.75, 3.05) is 0 Å². The van der Waals surface area contributed by atoms with Gasteiger partial charge in [0.05, 0.1) is 5.52 Å². The molecule has 0 amide bonds. The number of hydrogen-bond donors (Lipinski definition) is 1. The van der Waals surface area contributed by atoms with Crippen molar-refractivity contribution < 1.29 is 18.7 Å². The molecule has 0 spiro atoms. The summed E-state index contributed by atoms with van der Waals surface area (Å²) >= 11 is 5.81. The van der Waals surface area contributed by atoms with E-state index in [1.165, 1.54) is 25.1 Å². The van der Waals surface area contributed by atoms with Crippen LogP contribution in [0.25, 0.3) is 10.9 Å². The number of halogens is 2. The van der Waals surface area contributed by atoms with Crippen LogP contribution in [-0.4, -0.2) is 16.7 Å². The minimum absolute atomic E-state index is 0.0862. The van der Waals surface area contributed by atoms with Gasteiger partial charge in [-0.2, -0.15) is 0 Å². The Hall–Kier alpha value is -2.66. The molecule has 1 aromatic heterocycles. The Labute approximate surface area is 135 Å². The number of hydrogen-bond acceptors (Lipinski definition) is 3. The molecule has 2 aromatic carbocycles. The van der Waals surface area contributed by atoms with Crippen molar-refractivity contribution in [2.24, 2.45) is 0 Å². The average Bonchev–Trinajstić information content (AvgIpc) is 2.84. The van der Waals surface area contributed by atoms with E-state index in [1.54, 1.807) is 24.3 Å². The van der Waals surface area contributed by atoms with Crippen LogP contribution in [0.3, 0.4) is 0 Å². The molecule has 3 rings (SSSR count). The molecule has 0 aliphatic carbocycles. The van der Waals surface area contributed by atoms with Gasteiger partial charge in [-0.25, -0.2) is 4.39 Å². The molecule has 0 saturated carbocycles. The predicted octanol–water partition coefficient (Wildman–Crippen LogP) is 4.12. The Morgan fingerprint density at radius 1 is 1.13 bits per heavy atom. The second-order valence-electron chi connectivity index (χ2n) is 4.95. The second-order valence-corrected chi connectivity index (χ2v) is 5.39. The molecular formula is C17H11ClFNO3. The third-order valence-corrected chi connectivity index (χ3v) is 3.54. The van der Waals surface area contributed by atoms with Gasteiger partial charge in [0.15, 0.2) is 5.75 Å². The van der Waals surface area contributed by atoms with E-state index in [0.29, 0.717) is 21.5 Å². The lowest BCUT2D eigenvalue weighted by molar-refractivity contribution is -0.131. The number of esters is 1. The summed E-state index contributed by atoms with van der Waals surface area (Å²) in [6, 6.07) is 10.2. The highest BCUT2D eigenvalue weighted by atomic mass is 35.5. The smallest absolute Gasteiger partial charge is 0.308 e. The summed E-state index contributed by atoms with van der Waals surface area (Å²) in [7, 11) is 0. The zero-order chi connectivity index (χ0) is 16.6. The summed E-state index contributed by atoms with van der Waals surface area (Å²) in [5, 5.41) is 0.958. The molecule has 4 nitrogen and oxygen atoms in total. The first-order valence-electron chi connectivity index (χ1n) is 6.75. The second kappa shape index (κ2) is 5.85. The molecule has 0 aliphatic heterocycles. The van der Waals surface area contributed by atoms with E-state index < -0.39 is 11.8 Å². The quantitative estimate of drug-likeness (QED) is 0.580. The summed E-state index contributed by atoms with van der Waals surface area (Å²) in [4.78, 5) is 26.8. The van der Waals surface area contributed by atoms with Crippen molar-refractivity contribution in [3.05, 3.63) is 64.6 Å². The number of ether oxygens (including phenoxy) is 1. The van der Waals surface area contributed by atoms with Gasteiger partial charge in [-0.05, 0) is 42.5 Å². The Balaban J connectivity index is 2.16. The number of rotatable bonds is 3. The molecule has 0 bridgehead atoms. The summed E-state index contributed by atoms with van der Waals surface area (Å²) < 4.78 is 18.5. The first-order valence-corrected chi connectivity index (χ1v) is 7.13. The van der Waals surface area contributed by atoms with Crippen LogP contribution in [0.15, 0.2) is 42.5 Å². The molecule has 6 heteroatoms. The van der Waals surface area contributed by atoms with Gasteiger partial charge in [0.1, 0.15) is 11.5 Å². The van der Waals surface area contributed by atoms with Crippen LogP contribution in [0.5, 0.6) is 5.75 Å². The minimum Gasteiger partial charge on any atom is -0.424 e. The lowest BCUT2D eigenvalue weighted by Gasteiger charge is -2.04. The van der Waals surface area contributed by atoms with Crippen molar-refractivity contribution in [3.8, 4) is 5.75 Å². The van der Waals surface area contributed by atoms with Gasteiger partial charge >= 0.3 is 5.97 Å². The molecule has 23 heavy (non-hydrogen) atoms. The van der Waals surface area contributed by atoms with Crippen LogP contribution < -0.4 is 4.74 Å². The molecule has 0 fully saturated rings. The topological polar surface area (TPSA) is 59.2 Å². The third kappa shape index (κ3) is 2.96. The molecule has 1 N–H and O–H groups in total. The molecule has 0 radical (unpaired) electrons. The standard InChI is InChI=1S/C17H11ClFNO3/c1-9(21)23-17-13-7-6-12(19)8-14(13)20-15(17)16(22)10-2-4-11(18)5-3-10/h2-8,20H,1H3. The SMILES string of the molecule is CC(=O)Oc1c(C(=O)c2ccc(Cl)cc2)[nH]c2cc(F)ccc12. The molecule has 0 atom stereocenters. The lowest BCUT2D eigenvalue weighted by atomic mass is 10.1. The number of carbonyl (C=O) groups excluding carboxylic acids is 2. The van der Waals surface area contributed by atoms with Crippen LogP contribution in [-0.2, 0) is 4.79 Å². The predicted molar refractivity (Wildman–Crippen MR) is 84.5 cm³/mol. The fourth-order valence-electron chi connectivity index (χ4n) is 2.30. The summed E-state index contributed by atoms with van der Waals surface area (Å²) in [6.07, 6.45) is 0. The maximum Gasteiger partial charge on any atom is 0.308 e. The minimum atomic E-state index is -0.569. The van der Waals surface area contributed by atoms with Gasteiger partial charge in [0.2, 0.25) is 5.78 Å². The highest BCUT2D eigenvalue weighted by molar-refractivity contribution is 6.30. The maximum absolute atomic E-state index is 13.4. The Morgan fingerprint density at radius 3 is 2.48 bits per heavy atom. The molecule has 3 aromatic rings. The monoisotopic (exact) mass is 331 g/mol. The molecule has 116 valence electrons. The van der Waals surface area contributed by atoms with Crippen molar-refractivity contribution in [3.63, 3.8) is 0 Å². The van der Waals surface area contributed by atoms with E-state index in [4.69, 9.17) is 16.3 Å². The maximum atomic E-state index is 13.4. The number of benzene rings is 2. The fraction of sp³-hybridized carbons (Fsp3) is 0.0588. The van der Waals surface area contributed by atoms with Gasteiger partial charge in [-0.1, -0.05) is 11.6 Å². The van der Waals surface area contributed by atoms with Crippen LogP contribution >= 0.6 is 11.6 Å². The number of carbonyl (C=O) groups is 2. The number of H-pyrrole nitrogens is 1. The lowest BCUT2D eigenvalue weighted by Crippen LogP contribution is -2.08. The number of fused-ring (bicyclic) bond motifs is 1. The molecule has 1 heterocycles. The van der Waals surface area contributed by atoms with E-state index >= 15 is 0 Å². The highest BCUT2D eigenvalue weighted by Gasteiger charge is 2.22. The van der Waals surface area contributed by atoms with Crippen LogP contribution in [0, 0.1) is 5.82 Å². The summed E-state index contributed by atoms with van der Waals surface area (Å²) in [6.45, 7) is 1.24. The van der Waals surface area contributed by atoms with Gasteiger partial charge in [0, 0.05) is 22.9 Å². The van der Waals surface area contributed by atoms with Crippen molar-refractivity contribution in [1.82, 2.24) is 4.98 Å². The van der Waals surface area contributed by atoms with E-state index in [-0.39, 0.29) is 17.2 Å². The Kier molecular flexibility index (Phi) is 3.88. The van der Waals surface area contributed by atoms with E-state index in [2.05, 4.69) is 4.98 Å². The molecule has 0 aliphatic rings. The zero-order valence-electron chi connectivity index (χ0n) is 12.0. The number of aromatic amines is 1. The van der Waals surface area contributed by atoms with Crippen LogP contribution in [0.2, 0.25) is 5.02 Å². The van der Waals surface area contributed by atoms with Crippen LogP contribution in [0.1, 0.15) is 23.0 Å². The van der Waals surface area contributed by atoms with Gasteiger partial charge in [-0.15, -0.1) is 0 Å². The van der Waals surface area contributed by atoms with Gasteiger partial charge in [0.25, 0.3) is 0 Å². The third-order valence-electron chi connectivity index (χ3n) is 3.29. The average molecular weight is 332 g/mol. The van der Waals surface area contributed by atoms with Crippen LogP contribution in [0.4, 0.5) is 4.39 Å². The molecule has 0 saturated heterocycles. The zero-order valence-corrected chi connectivity index (χ0v) is 12.8. The first kappa shape index (κ1) is 15.2. The number of ketones is 1. The normalized spacial score (nSPS) is 10.7. The van der Waals surface area contributed by atoms with Gasteiger partial charge in [-0.3, -0.25) is 9.59 Å². The summed E-state index contributed by atoms with van der Waals surface area (Å²) in [5.41, 5.74) is 0.830.